The average Bonchev–Trinajstić information content (AvgIpc) is 2.10. The zero-order valence-corrected chi connectivity index (χ0v) is 10.0. The van der Waals surface area contributed by atoms with Gasteiger partial charge in [-0.1, -0.05) is 0 Å². The van der Waals surface area contributed by atoms with Crippen molar-refractivity contribution in [2.75, 3.05) is 44.9 Å². The van der Waals surface area contributed by atoms with Gasteiger partial charge in [-0.2, -0.15) is 11.8 Å². The maximum Gasteiger partial charge on any atom is 0.215 e. The molecular weight excluding hydrogens is 208 g/mol. The largest absolute Gasteiger partial charge is 0.319 e. The third-order valence-corrected chi connectivity index (χ3v) is 4.14. The van der Waals surface area contributed by atoms with Gasteiger partial charge in [0.25, 0.3) is 0 Å². The third kappa shape index (κ3) is 5.51. The highest BCUT2D eigenvalue weighted by Crippen LogP contribution is 2.00. The summed E-state index contributed by atoms with van der Waals surface area (Å²) < 4.78 is 24.4. The molecule has 0 aromatic heterocycles. The van der Waals surface area contributed by atoms with Crippen molar-refractivity contribution >= 4 is 21.8 Å². The lowest BCUT2D eigenvalue weighted by atomic mass is 10.8. The number of nitrogens with one attached hydrogen (secondary N) is 1. The van der Waals surface area contributed by atoms with Crippen molar-refractivity contribution in [1.82, 2.24) is 9.62 Å². The molecule has 0 aliphatic heterocycles. The van der Waals surface area contributed by atoms with Crippen molar-refractivity contribution in [3.8, 4) is 0 Å². The zero-order chi connectivity index (χ0) is 10.3. The topological polar surface area (TPSA) is 49.4 Å². The van der Waals surface area contributed by atoms with Crippen molar-refractivity contribution in [3.63, 3.8) is 0 Å². The molecule has 0 unspecified atom stereocenters. The Morgan fingerprint density at radius 2 is 2.08 bits per heavy atom. The third-order valence-electron chi connectivity index (χ3n) is 1.70. The second-order valence-electron chi connectivity index (χ2n) is 2.73. The molecule has 0 bridgehead atoms. The lowest BCUT2D eigenvalue weighted by molar-refractivity contribution is 0.487. The van der Waals surface area contributed by atoms with Gasteiger partial charge in [0, 0.05) is 25.9 Å². The maximum atomic E-state index is 11.5. The predicted octanol–water partition coefficient (Wildman–Crippen LogP) is -0.170. The highest BCUT2D eigenvalue weighted by Gasteiger charge is 2.15. The molecule has 0 aromatic carbocycles. The van der Waals surface area contributed by atoms with Crippen LogP contribution in [0.15, 0.2) is 0 Å². The maximum absolute atomic E-state index is 11.5. The SMILES string of the molecule is CNCCS(=O)(=O)N(C)CCSC. The molecule has 1 N–H and O–H groups in total. The summed E-state index contributed by atoms with van der Waals surface area (Å²) in [6.45, 7) is 1.10. The summed E-state index contributed by atoms with van der Waals surface area (Å²) in [5, 5.41) is 2.82. The van der Waals surface area contributed by atoms with Crippen LogP contribution in [-0.4, -0.2) is 57.7 Å². The molecule has 80 valence electrons. The minimum absolute atomic E-state index is 0.175. The zero-order valence-electron chi connectivity index (χ0n) is 8.41. The van der Waals surface area contributed by atoms with Gasteiger partial charge in [0.05, 0.1) is 5.75 Å². The first-order valence-electron chi connectivity index (χ1n) is 4.12. The normalized spacial score (nSPS) is 12.3. The summed E-state index contributed by atoms with van der Waals surface area (Å²) in [5.74, 6) is 1.02. The summed E-state index contributed by atoms with van der Waals surface area (Å²) in [6, 6.07) is 0. The summed E-state index contributed by atoms with van der Waals surface area (Å²) in [6.07, 6.45) is 1.97. The molecule has 0 aliphatic rings. The molecule has 0 aliphatic carbocycles. The van der Waals surface area contributed by atoms with E-state index < -0.39 is 10.0 Å². The molecule has 0 amide bonds. The van der Waals surface area contributed by atoms with Crippen molar-refractivity contribution in [2.45, 2.75) is 0 Å². The first kappa shape index (κ1) is 13.2. The minimum Gasteiger partial charge on any atom is -0.319 e. The minimum atomic E-state index is -3.04. The predicted molar refractivity (Wildman–Crippen MR) is 58.7 cm³/mol. The van der Waals surface area contributed by atoms with Crippen molar-refractivity contribution in [3.05, 3.63) is 0 Å². The number of sulfonamides is 1. The van der Waals surface area contributed by atoms with Crippen molar-refractivity contribution in [1.29, 1.82) is 0 Å². The Bertz CT molecular complexity index is 217. The van der Waals surface area contributed by atoms with Crippen LogP contribution < -0.4 is 5.32 Å². The van der Waals surface area contributed by atoms with Gasteiger partial charge in [0.15, 0.2) is 0 Å². The van der Waals surface area contributed by atoms with Crippen LogP contribution >= 0.6 is 11.8 Å². The van der Waals surface area contributed by atoms with Crippen molar-refractivity contribution < 1.29 is 8.42 Å². The molecule has 4 nitrogen and oxygen atoms in total. The molecule has 6 heteroatoms. The lowest BCUT2D eigenvalue weighted by Crippen LogP contribution is -2.34. The Morgan fingerprint density at radius 3 is 2.54 bits per heavy atom. The van der Waals surface area contributed by atoms with E-state index in [9.17, 15) is 8.42 Å². The van der Waals surface area contributed by atoms with Crippen molar-refractivity contribution in [2.24, 2.45) is 0 Å². The fourth-order valence-corrected chi connectivity index (χ4v) is 2.46. The first-order valence-corrected chi connectivity index (χ1v) is 7.12. The van der Waals surface area contributed by atoms with E-state index in [2.05, 4.69) is 5.32 Å². The molecule has 0 fully saturated rings. The number of nitrogens with zero attached hydrogens (tertiary/aromatic N) is 1. The van der Waals surface area contributed by atoms with Crippen LogP contribution in [-0.2, 0) is 10.0 Å². The Hall–Kier alpha value is 0.220. The molecule has 0 rings (SSSR count). The van der Waals surface area contributed by atoms with E-state index >= 15 is 0 Å². The van der Waals surface area contributed by atoms with E-state index in [1.807, 2.05) is 6.26 Å². The Kier molecular flexibility index (Phi) is 6.75. The molecule has 0 spiro atoms. The van der Waals surface area contributed by atoms with Crippen LogP contribution in [0, 0.1) is 0 Å². The van der Waals surface area contributed by atoms with Crippen LogP contribution in [0.3, 0.4) is 0 Å². The van der Waals surface area contributed by atoms with E-state index in [1.54, 1.807) is 25.9 Å². The Morgan fingerprint density at radius 1 is 1.46 bits per heavy atom. The molecule has 0 atom stereocenters. The van der Waals surface area contributed by atoms with Crippen LogP contribution in [0.5, 0.6) is 0 Å². The summed E-state index contributed by atoms with van der Waals surface area (Å²) in [7, 11) is 0.336. The Balaban J connectivity index is 3.96. The summed E-state index contributed by atoms with van der Waals surface area (Å²) >= 11 is 1.65. The van der Waals surface area contributed by atoms with E-state index in [-0.39, 0.29) is 5.75 Å². The number of hydrogen-bond donors (Lipinski definition) is 1. The standard InChI is InChI=1S/C7H18N2O2S2/c1-8-4-7-13(10,11)9(2)5-6-12-3/h8H,4-7H2,1-3H3. The fraction of sp³-hybridized carbons (Fsp3) is 1.00. The van der Waals surface area contributed by atoms with Gasteiger partial charge in [-0.25, -0.2) is 12.7 Å². The monoisotopic (exact) mass is 226 g/mol. The lowest BCUT2D eigenvalue weighted by Gasteiger charge is -2.16. The van der Waals surface area contributed by atoms with Gasteiger partial charge in [-0.3, -0.25) is 0 Å². The average molecular weight is 226 g/mol. The van der Waals surface area contributed by atoms with E-state index in [4.69, 9.17) is 0 Å². The highest BCUT2D eigenvalue weighted by molar-refractivity contribution is 7.98. The van der Waals surface area contributed by atoms with Gasteiger partial charge in [-0.15, -0.1) is 0 Å². The van der Waals surface area contributed by atoms with E-state index in [0.717, 1.165) is 5.75 Å². The van der Waals surface area contributed by atoms with Crippen LogP contribution in [0.2, 0.25) is 0 Å². The van der Waals surface area contributed by atoms with E-state index in [1.165, 1.54) is 4.31 Å². The second kappa shape index (κ2) is 6.64. The van der Waals surface area contributed by atoms with Gasteiger partial charge >= 0.3 is 0 Å². The number of hydrogen-bond acceptors (Lipinski definition) is 4. The van der Waals surface area contributed by atoms with Gasteiger partial charge in [0.2, 0.25) is 10.0 Å². The van der Waals surface area contributed by atoms with Crippen LogP contribution in [0.1, 0.15) is 0 Å². The van der Waals surface area contributed by atoms with E-state index in [0.29, 0.717) is 13.1 Å². The van der Waals surface area contributed by atoms with Crippen LogP contribution in [0.25, 0.3) is 0 Å². The van der Waals surface area contributed by atoms with Gasteiger partial charge in [-0.05, 0) is 13.3 Å². The smallest absolute Gasteiger partial charge is 0.215 e. The second-order valence-corrected chi connectivity index (χ2v) is 5.91. The summed E-state index contributed by atoms with van der Waals surface area (Å²) in [4.78, 5) is 0. The highest BCUT2D eigenvalue weighted by atomic mass is 32.2. The fourth-order valence-electron chi connectivity index (χ4n) is 0.746. The molecule has 0 radical (unpaired) electrons. The van der Waals surface area contributed by atoms with Gasteiger partial charge < -0.3 is 5.32 Å². The molecular formula is C7H18N2O2S2. The molecule has 13 heavy (non-hydrogen) atoms. The number of thioether (sulfide) groups is 1. The quantitative estimate of drug-likeness (QED) is 0.655. The summed E-state index contributed by atoms with van der Waals surface area (Å²) in [5.41, 5.74) is 0. The molecule has 0 saturated heterocycles. The molecule has 0 saturated carbocycles. The van der Waals surface area contributed by atoms with Gasteiger partial charge in [0.1, 0.15) is 0 Å². The number of rotatable bonds is 7. The Labute approximate surface area is 85.1 Å². The molecule has 0 heterocycles. The van der Waals surface area contributed by atoms with Crippen LogP contribution in [0.4, 0.5) is 0 Å². The first-order chi connectivity index (χ1) is 6.04. The molecule has 0 aromatic rings.